The molecule has 0 aromatic heterocycles. The van der Waals surface area contributed by atoms with Crippen LogP contribution < -0.4 is 11.5 Å². The Bertz CT molecular complexity index is 158. The van der Waals surface area contributed by atoms with E-state index in [-0.39, 0.29) is 0 Å². The zero-order chi connectivity index (χ0) is 14.0. The summed E-state index contributed by atoms with van der Waals surface area (Å²) >= 11 is 0. The van der Waals surface area contributed by atoms with Crippen LogP contribution >= 0.6 is 0 Å². The predicted octanol–water partition coefficient (Wildman–Crippen LogP) is 4.07. The van der Waals surface area contributed by atoms with Gasteiger partial charge >= 0.3 is 0 Å². The van der Waals surface area contributed by atoms with E-state index in [0.29, 0.717) is 12.1 Å². The Morgan fingerprint density at radius 1 is 0.556 bits per heavy atom. The molecule has 2 heteroatoms. The average Bonchev–Trinajstić information content (AvgIpc) is 2.29. The Hall–Kier alpha value is -0.0800. The minimum absolute atomic E-state index is 0.402. The van der Waals surface area contributed by atoms with E-state index in [1.165, 1.54) is 51.4 Å². The van der Waals surface area contributed by atoms with Gasteiger partial charge in [0, 0.05) is 12.1 Å². The molecule has 0 aliphatic heterocycles. The van der Waals surface area contributed by atoms with E-state index in [1.807, 2.05) is 0 Å². The predicted molar refractivity (Wildman–Crippen MR) is 82.6 cm³/mol. The molecule has 2 unspecified atom stereocenters. The third kappa shape index (κ3) is 12.4. The van der Waals surface area contributed by atoms with Crippen LogP contribution in [-0.2, 0) is 0 Å². The monoisotopic (exact) mass is 256 g/mol. The van der Waals surface area contributed by atoms with Crippen molar-refractivity contribution >= 4 is 0 Å². The Balaban J connectivity index is 3.37. The third-order valence-corrected chi connectivity index (χ3v) is 3.63. The molecule has 0 saturated carbocycles. The van der Waals surface area contributed by atoms with Crippen molar-refractivity contribution in [2.45, 2.75) is 91.1 Å². The van der Waals surface area contributed by atoms with Crippen molar-refractivity contribution in [3.05, 3.63) is 0 Å². The highest BCUT2D eigenvalue weighted by Gasteiger charge is 2.06. The quantitative estimate of drug-likeness (QED) is 0.547. The van der Waals surface area contributed by atoms with Crippen LogP contribution in [0.25, 0.3) is 0 Å². The minimum Gasteiger partial charge on any atom is -0.328 e. The molecule has 2 atom stereocenters. The van der Waals surface area contributed by atoms with Crippen molar-refractivity contribution < 1.29 is 0 Å². The second-order valence-electron chi connectivity index (χ2n) is 6.75. The molecule has 0 fully saturated rings. The van der Waals surface area contributed by atoms with E-state index in [9.17, 15) is 0 Å². The second kappa shape index (κ2) is 10.8. The van der Waals surface area contributed by atoms with Crippen LogP contribution in [0.5, 0.6) is 0 Å². The topological polar surface area (TPSA) is 52.0 Å². The third-order valence-electron chi connectivity index (χ3n) is 3.63. The van der Waals surface area contributed by atoms with Crippen LogP contribution in [0, 0.1) is 11.8 Å². The summed E-state index contributed by atoms with van der Waals surface area (Å²) in [5.74, 6) is 1.56. The van der Waals surface area contributed by atoms with Crippen LogP contribution in [0.15, 0.2) is 0 Å². The smallest absolute Gasteiger partial charge is 0.00389 e. The number of hydrogen-bond acceptors (Lipinski definition) is 2. The van der Waals surface area contributed by atoms with Gasteiger partial charge in [-0.25, -0.2) is 0 Å². The van der Waals surface area contributed by atoms with E-state index in [4.69, 9.17) is 11.5 Å². The van der Waals surface area contributed by atoms with E-state index in [1.54, 1.807) is 0 Å². The van der Waals surface area contributed by atoms with Crippen molar-refractivity contribution in [2.75, 3.05) is 0 Å². The van der Waals surface area contributed by atoms with Gasteiger partial charge in [0.15, 0.2) is 0 Å². The normalized spacial score (nSPS) is 15.3. The second-order valence-corrected chi connectivity index (χ2v) is 6.75. The molecule has 0 aliphatic rings. The maximum absolute atomic E-state index is 6.11. The van der Waals surface area contributed by atoms with Gasteiger partial charge < -0.3 is 11.5 Å². The highest BCUT2D eigenvalue weighted by molar-refractivity contribution is 4.66. The Morgan fingerprint density at radius 3 is 1.17 bits per heavy atom. The summed E-state index contributed by atoms with van der Waals surface area (Å²) in [4.78, 5) is 0. The number of unbranched alkanes of at least 4 members (excludes halogenated alkanes) is 1. The largest absolute Gasteiger partial charge is 0.328 e. The molecule has 0 aromatic rings. The molecule has 0 rings (SSSR count). The number of rotatable bonds is 11. The number of nitrogens with two attached hydrogens (primary N) is 2. The van der Waals surface area contributed by atoms with Crippen LogP contribution in [-0.4, -0.2) is 12.1 Å². The van der Waals surface area contributed by atoms with Gasteiger partial charge in [-0.1, -0.05) is 40.5 Å². The van der Waals surface area contributed by atoms with Crippen LogP contribution in [0.3, 0.4) is 0 Å². The molecule has 0 saturated heterocycles. The molecule has 0 radical (unpaired) electrons. The van der Waals surface area contributed by atoms with Crippen LogP contribution in [0.4, 0.5) is 0 Å². The Kier molecular flexibility index (Phi) is 10.8. The summed E-state index contributed by atoms with van der Waals surface area (Å²) in [6.45, 7) is 9.06. The van der Waals surface area contributed by atoms with Gasteiger partial charge in [-0.05, 0) is 50.4 Å². The van der Waals surface area contributed by atoms with Gasteiger partial charge in [0.25, 0.3) is 0 Å². The first-order valence-electron chi connectivity index (χ1n) is 7.93. The van der Waals surface area contributed by atoms with Gasteiger partial charge in [-0.3, -0.25) is 0 Å². The van der Waals surface area contributed by atoms with E-state index >= 15 is 0 Å². The fraction of sp³-hybridized carbons (Fsp3) is 1.00. The average molecular weight is 256 g/mol. The molecule has 0 heterocycles. The SMILES string of the molecule is CC(C)CCC(N)CCCCC(N)CCC(C)C. The molecule has 0 bridgehead atoms. The zero-order valence-electron chi connectivity index (χ0n) is 13.1. The molecular weight excluding hydrogens is 220 g/mol. The molecule has 4 N–H and O–H groups in total. The molecule has 2 nitrogen and oxygen atoms in total. The maximum atomic E-state index is 6.11. The van der Waals surface area contributed by atoms with Gasteiger partial charge in [0.05, 0.1) is 0 Å². The van der Waals surface area contributed by atoms with Gasteiger partial charge in [-0.2, -0.15) is 0 Å². The molecular formula is C16H36N2. The first-order chi connectivity index (χ1) is 8.41. The van der Waals surface area contributed by atoms with Crippen molar-refractivity contribution in [3.63, 3.8) is 0 Å². The highest BCUT2D eigenvalue weighted by Crippen LogP contribution is 2.13. The van der Waals surface area contributed by atoms with Gasteiger partial charge in [0.1, 0.15) is 0 Å². The van der Waals surface area contributed by atoms with E-state index in [0.717, 1.165) is 11.8 Å². The van der Waals surface area contributed by atoms with Crippen molar-refractivity contribution in [2.24, 2.45) is 23.3 Å². The fourth-order valence-electron chi connectivity index (χ4n) is 2.20. The lowest BCUT2D eigenvalue weighted by atomic mass is 9.97. The van der Waals surface area contributed by atoms with E-state index < -0.39 is 0 Å². The molecule has 0 aliphatic carbocycles. The standard InChI is InChI=1S/C16H36N2/c1-13(2)9-11-15(17)7-5-6-8-16(18)12-10-14(3)4/h13-16H,5-12,17-18H2,1-4H3. The van der Waals surface area contributed by atoms with Gasteiger partial charge in [-0.15, -0.1) is 0 Å². The lowest BCUT2D eigenvalue weighted by Crippen LogP contribution is -2.22. The lowest BCUT2D eigenvalue weighted by molar-refractivity contribution is 0.436. The zero-order valence-corrected chi connectivity index (χ0v) is 13.1. The minimum atomic E-state index is 0.402. The van der Waals surface area contributed by atoms with Crippen LogP contribution in [0.1, 0.15) is 79.1 Å². The summed E-state index contributed by atoms with van der Waals surface area (Å²) in [6.07, 6.45) is 9.70. The van der Waals surface area contributed by atoms with Crippen molar-refractivity contribution in [1.29, 1.82) is 0 Å². The summed E-state index contributed by atoms with van der Waals surface area (Å²) in [7, 11) is 0. The Labute approximate surface area is 115 Å². The van der Waals surface area contributed by atoms with Crippen molar-refractivity contribution in [3.8, 4) is 0 Å². The summed E-state index contributed by atoms with van der Waals surface area (Å²) < 4.78 is 0. The first-order valence-corrected chi connectivity index (χ1v) is 7.93. The maximum Gasteiger partial charge on any atom is 0.00389 e. The summed E-state index contributed by atoms with van der Waals surface area (Å²) in [5.41, 5.74) is 12.2. The molecule has 18 heavy (non-hydrogen) atoms. The summed E-state index contributed by atoms with van der Waals surface area (Å²) in [5, 5.41) is 0. The van der Waals surface area contributed by atoms with Crippen LogP contribution in [0.2, 0.25) is 0 Å². The number of hydrogen-bond donors (Lipinski definition) is 2. The van der Waals surface area contributed by atoms with Crippen molar-refractivity contribution in [1.82, 2.24) is 0 Å². The molecule has 110 valence electrons. The highest BCUT2D eigenvalue weighted by atomic mass is 14.6. The molecule has 0 aromatic carbocycles. The van der Waals surface area contributed by atoms with Gasteiger partial charge in [0.2, 0.25) is 0 Å². The first kappa shape index (κ1) is 17.9. The molecule has 0 amide bonds. The van der Waals surface area contributed by atoms with E-state index in [2.05, 4.69) is 27.7 Å². The fourth-order valence-corrected chi connectivity index (χ4v) is 2.20. The molecule has 0 spiro atoms. The Morgan fingerprint density at radius 2 is 0.889 bits per heavy atom. The lowest BCUT2D eigenvalue weighted by Gasteiger charge is -2.15. The summed E-state index contributed by atoms with van der Waals surface area (Å²) in [6, 6.07) is 0.804.